The zero-order valence-corrected chi connectivity index (χ0v) is 16.6. The van der Waals surface area contributed by atoms with Crippen molar-refractivity contribution in [1.29, 1.82) is 0 Å². The third-order valence-corrected chi connectivity index (χ3v) is 4.64. The number of benzene rings is 1. The van der Waals surface area contributed by atoms with Gasteiger partial charge in [0.05, 0.1) is 5.69 Å². The summed E-state index contributed by atoms with van der Waals surface area (Å²) in [6.07, 6.45) is 0. The largest absolute Gasteiger partial charge is 0.332 e. The zero-order valence-electron chi connectivity index (χ0n) is 16.6. The van der Waals surface area contributed by atoms with Crippen LogP contribution in [0.1, 0.15) is 37.7 Å². The van der Waals surface area contributed by atoms with Gasteiger partial charge in [0, 0.05) is 29.9 Å². The van der Waals surface area contributed by atoms with Crippen LogP contribution in [0.3, 0.4) is 0 Å². The average Bonchev–Trinajstić information content (AvgIpc) is 2.98. The van der Waals surface area contributed by atoms with Crippen molar-refractivity contribution in [3.63, 3.8) is 0 Å². The number of amides is 1. The minimum absolute atomic E-state index is 0.00106. The first-order chi connectivity index (χ1) is 12.7. The molecule has 3 aromatic rings. The summed E-state index contributed by atoms with van der Waals surface area (Å²) in [7, 11) is 0. The highest BCUT2D eigenvalue weighted by atomic mass is 16.2. The summed E-state index contributed by atoms with van der Waals surface area (Å²) in [5.41, 5.74) is 2.70. The molecule has 0 atom stereocenters. The quantitative estimate of drug-likeness (QED) is 0.713. The van der Waals surface area contributed by atoms with Crippen molar-refractivity contribution in [1.82, 2.24) is 19.1 Å². The predicted octanol–water partition coefficient (Wildman–Crippen LogP) is 2.94. The molecule has 0 spiro atoms. The Bertz CT molecular complexity index is 1030. The molecular weight excluding hydrogens is 340 g/mol. The maximum Gasteiger partial charge on any atom is 0.274 e. The molecule has 2 aromatic heterocycles. The van der Waals surface area contributed by atoms with Gasteiger partial charge in [0.15, 0.2) is 0 Å². The molecule has 1 aromatic carbocycles. The van der Waals surface area contributed by atoms with E-state index in [4.69, 9.17) is 0 Å². The van der Waals surface area contributed by atoms with E-state index in [2.05, 4.69) is 5.10 Å². The summed E-state index contributed by atoms with van der Waals surface area (Å²) in [4.78, 5) is 27.3. The lowest BCUT2D eigenvalue weighted by Crippen LogP contribution is -2.46. The zero-order chi connectivity index (χ0) is 19.8. The minimum Gasteiger partial charge on any atom is -0.332 e. The SMILES string of the molecule is Cc1cc2n(CC(=O)N(Cc3ccccc3)C(C)(C)C)c(C)cc(=O)n2n1. The number of fused-ring (bicyclic) bond motifs is 1. The Morgan fingerprint density at radius 2 is 1.78 bits per heavy atom. The number of hydrogen-bond acceptors (Lipinski definition) is 3. The Morgan fingerprint density at radius 3 is 2.41 bits per heavy atom. The summed E-state index contributed by atoms with van der Waals surface area (Å²) in [6.45, 7) is 10.5. The van der Waals surface area contributed by atoms with Gasteiger partial charge in [-0.1, -0.05) is 30.3 Å². The van der Waals surface area contributed by atoms with Gasteiger partial charge < -0.3 is 9.47 Å². The monoisotopic (exact) mass is 366 g/mol. The predicted molar refractivity (Wildman–Crippen MR) is 106 cm³/mol. The second-order valence-corrected chi connectivity index (χ2v) is 7.90. The molecule has 0 N–H and O–H groups in total. The molecule has 2 heterocycles. The van der Waals surface area contributed by atoms with Crippen LogP contribution in [0.5, 0.6) is 0 Å². The number of aromatic nitrogens is 3. The standard InChI is InChI=1S/C21H26N4O2/c1-15-11-18-23(16(2)12-19(26)25(18)22-15)14-20(27)24(21(3,4)5)13-17-9-7-6-8-10-17/h6-12H,13-14H2,1-5H3. The van der Waals surface area contributed by atoms with Crippen LogP contribution in [-0.4, -0.2) is 30.5 Å². The Hall–Kier alpha value is -2.89. The van der Waals surface area contributed by atoms with Crippen molar-refractivity contribution in [3.05, 3.63) is 69.8 Å². The van der Waals surface area contributed by atoms with Crippen LogP contribution in [0.2, 0.25) is 0 Å². The highest BCUT2D eigenvalue weighted by molar-refractivity contribution is 5.77. The van der Waals surface area contributed by atoms with Crippen LogP contribution < -0.4 is 5.56 Å². The summed E-state index contributed by atoms with van der Waals surface area (Å²) < 4.78 is 3.21. The van der Waals surface area contributed by atoms with E-state index in [1.54, 1.807) is 0 Å². The molecule has 6 nitrogen and oxygen atoms in total. The molecule has 1 amide bonds. The molecule has 0 saturated carbocycles. The van der Waals surface area contributed by atoms with Gasteiger partial charge in [0.2, 0.25) is 5.91 Å². The number of hydrogen-bond donors (Lipinski definition) is 0. The van der Waals surface area contributed by atoms with Crippen LogP contribution in [0, 0.1) is 13.8 Å². The smallest absolute Gasteiger partial charge is 0.274 e. The molecule has 6 heteroatoms. The maximum absolute atomic E-state index is 13.2. The molecule has 3 rings (SSSR count). The highest BCUT2D eigenvalue weighted by Gasteiger charge is 2.27. The lowest BCUT2D eigenvalue weighted by atomic mass is 10.0. The van der Waals surface area contributed by atoms with Gasteiger partial charge >= 0.3 is 0 Å². The summed E-state index contributed by atoms with van der Waals surface area (Å²) >= 11 is 0. The van der Waals surface area contributed by atoms with E-state index >= 15 is 0 Å². The van der Waals surface area contributed by atoms with Gasteiger partial charge in [-0.05, 0) is 40.2 Å². The molecule has 142 valence electrons. The minimum atomic E-state index is -0.327. The van der Waals surface area contributed by atoms with Crippen molar-refractivity contribution in [3.8, 4) is 0 Å². The molecular formula is C21H26N4O2. The average molecular weight is 366 g/mol. The van der Waals surface area contributed by atoms with Gasteiger partial charge in [-0.2, -0.15) is 9.61 Å². The first-order valence-corrected chi connectivity index (χ1v) is 9.08. The Labute approximate surface area is 159 Å². The van der Waals surface area contributed by atoms with E-state index in [1.807, 2.05) is 80.5 Å². The lowest BCUT2D eigenvalue weighted by molar-refractivity contribution is -0.137. The van der Waals surface area contributed by atoms with E-state index in [-0.39, 0.29) is 23.6 Å². The van der Waals surface area contributed by atoms with Crippen molar-refractivity contribution in [2.24, 2.45) is 0 Å². The first kappa shape index (κ1) is 18.9. The number of nitrogens with zero attached hydrogens (tertiary/aromatic N) is 4. The van der Waals surface area contributed by atoms with Gasteiger partial charge in [-0.15, -0.1) is 0 Å². The van der Waals surface area contributed by atoms with Crippen molar-refractivity contribution in [2.45, 2.75) is 53.2 Å². The van der Waals surface area contributed by atoms with Crippen LogP contribution >= 0.6 is 0 Å². The van der Waals surface area contributed by atoms with Gasteiger partial charge in [0.25, 0.3) is 5.56 Å². The second-order valence-electron chi connectivity index (χ2n) is 7.90. The molecule has 0 bridgehead atoms. The maximum atomic E-state index is 13.2. The second kappa shape index (κ2) is 7.02. The van der Waals surface area contributed by atoms with E-state index in [0.717, 1.165) is 17.0 Å². The topological polar surface area (TPSA) is 59.6 Å². The summed E-state index contributed by atoms with van der Waals surface area (Å²) in [5.74, 6) is -0.00106. The van der Waals surface area contributed by atoms with Gasteiger partial charge in [-0.3, -0.25) is 9.59 Å². The third-order valence-electron chi connectivity index (χ3n) is 4.64. The van der Waals surface area contributed by atoms with Gasteiger partial charge in [-0.25, -0.2) is 0 Å². The fourth-order valence-electron chi connectivity index (χ4n) is 3.23. The molecule has 0 saturated heterocycles. The summed E-state index contributed by atoms with van der Waals surface area (Å²) in [6, 6.07) is 13.3. The van der Waals surface area contributed by atoms with Crippen LogP contribution in [0.15, 0.2) is 47.3 Å². The number of aryl methyl sites for hydroxylation is 2. The molecule has 0 aliphatic carbocycles. The fourth-order valence-corrected chi connectivity index (χ4v) is 3.23. The van der Waals surface area contributed by atoms with Crippen LogP contribution in [-0.2, 0) is 17.9 Å². The number of carbonyl (C=O) groups excluding carboxylic acids is 1. The molecule has 0 aliphatic heterocycles. The molecule has 0 radical (unpaired) electrons. The summed E-state index contributed by atoms with van der Waals surface area (Å²) in [5, 5.41) is 4.24. The van der Waals surface area contributed by atoms with Crippen LogP contribution in [0.4, 0.5) is 0 Å². The van der Waals surface area contributed by atoms with Crippen molar-refractivity contribution < 1.29 is 4.79 Å². The lowest BCUT2D eigenvalue weighted by Gasteiger charge is -2.36. The molecule has 0 aliphatic rings. The normalized spacial score (nSPS) is 11.7. The molecule has 0 unspecified atom stereocenters. The van der Waals surface area contributed by atoms with E-state index in [9.17, 15) is 9.59 Å². The molecule has 0 fully saturated rings. The highest BCUT2D eigenvalue weighted by Crippen LogP contribution is 2.19. The Balaban J connectivity index is 1.97. The van der Waals surface area contributed by atoms with E-state index in [1.165, 1.54) is 10.6 Å². The van der Waals surface area contributed by atoms with E-state index < -0.39 is 0 Å². The van der Waals surface area contributed by atoms with Crippen molar-refractivity contribution >= 4 is 11.6 Å². The molecule has 27 heavy (non-hydrogen) atoms. The number of carbonyl (C=O) groups is 1. The van der Waals surface area contributed by atoms with Gasteiger partial charge in [0.1, 0.15) is 12.2 Å². The number of rotatable bonds is 4. The van der Waals surface area contributed by atoms with E-state index in [0.29, 0.717) is 12.2 Å². The Morgan fingerprint density at radius 1 is 1.11 bits per heavy atom. The van der Waals surface area contributed by atoms with Crippen molar-refractivity contribution in [2.75, 3.05) is 0 Å². The van der Waals surface area contributed by atoms with Crippen LogP contribution in [0.25, 0.3) is 5.65 Å². The first-order valence-electron chi connectivity index (χ1n) is 9.08. The Kier molecular flexibility index (Phi) is 4.91. The third kappa shape index (κ3) is 3.94. The fraction of sp³-hybridized carbons (Fsp3) is 0.381.